The van der Waals surface area contributed by atoms with E-state index in [1.165, 1.54) is 0 Å². The second kappa shape index (κ2) is 11.5. The third-order valence-corrected chi connectivity index (χ3v) is 6.02. The lowest BCUT2D eigenvalue weighted by Crippen LogP contribution is -2.52. The lowest BCUT2D eigenvalue weighted by Gasteiger charge is -2.28. The Bertz CT molecular complexity index is 1060. The molecule has 0 atom stereocenters. The van der Waals surface area contributed by atoms with Crippen LogP contribution in [0.1, 0.15) is 20.7 Å². The van der Waals surface area contributed by atoms with Gasteiger partial charge in [0.05, 0.1) is 38.5 Å². The van der Waals surface area contributed by atoms with E-state index in [2.05, 4.69) is 10.6 Å². The molecule has 2 heterocycles. The van der Waals surface area contributed by atoms with Crippen LogP contribution in [0.15, 0.2) is 84.9 Å². The van der Waals surface area contributed by atoms with E-state index >= 15 is 0 Å². The van der Waals surface area contributed by atoms with E-state index in [0.717, 1.165) is 10.9 Å². The van der Waals surface area contributed by atoms with E-state index in [0.29, 0.717) is 37.6 Å². The molecule has 5 rings (SSSR count). The molecule has 2 aliphatic rings. The number of carbonyl (C=O) groups is 2. The summed E-state index contributed by atoms with van der Waals surface area (Å²) in [6.45, 7) is 1.40. The Morgan fingerprint density at radius 1 is 0.556 bits per heavy atom. The maximum absolute atomic E-state index is 12.7. The molecule has 0 spiro atoms. The van der Waals surface area contributed by atoms with Crippen LogP contribution in [0.2, 0.25) is 0 Å². The largest absolute Gasteiger partial charge is 0.494 e. The number of nitrogens with one attached hydrogen (secondary N) is 2. The average molecular weight is 484 g/mol. The molecule has 2 fully saturated rings. The van der Waals surface area contributed by atoms with Gasteiger partial charge < -0.3 is 29.3 Å². The third-order valence-electron chi connectivity index (χ3n) is 6.02. The number of carbonyl (C=O) groups excluding carboxylic acids is 2. The molecule has 10 heteroatoms. The Morgan fingerprint density at radius 3 is 1.22 bits per heavy atom. The van der Waals surface area contributed by atoms with Crippen molar-refractivity contribution >= 4 is 37.0 Å². The number of amides is 2. The highest BCUT2D eigenvalue weighted by atomic mass is 16.6. The molecule has 2 N–H and O–H groups in total. The van der Waals surface area contributed by atoms with Gasteiger partial charge in [0, 0.05) is 11.1 Å². The zero-order valence-electron chi connectivity index (χ0n) is 19.7. The Labute approximate surface area is 210 Å². The summed E-state index contributed by atoms with van der Waals surface area (Å²) in [5.41, 5.74) is 2.79. The van der Waals surface area contributed by atoms with Crippen molar-refractivity contribution in [2.24, 2.45) is 0 Å². The first-order valence-corrected chi connectivity index (χ1v) is 11.9. The van der Waals surface area contributed by atoms with Gasteiger partial charge in [0.2, 0.25) is 0 Å². The Hall–Kier alpha value is -3.43. The van der Waals surface area contributed by atoms with Crippen LogP contribution in [0, 0.1) is 0 Å². The van der Waals surface area contributed by atoms with Gasteiger partial charge in [-0.2, -0.15) is 0 Å². The molecule has 0 radical (unpaired) electrons. The van der Waals surface area contributed by atoms with Gasteiger partial charge in [0.25, 0.3) is 11.8 Å². The molecule has 0 aromatic heterocycles. The second-order valence-corrected chi connectivity index (χ2v) is 8.74. The molecule has 0 saturated carbocycles. The van der Waals surface area contributed by atoms with E-state index < -0.39 is 14.2 Å². The van der Waals surface area contributed by atoms with Crippen molar-refractivity contribution in [3.8, 4) is 0 Å². The zero-order valence-corrected chi connectivity index (χ0v) is 19.7. The van der Waals surface area contributed by atoms with Gasteiger partial charge in [-0.1, -0.05) is 60.7 Å². The number of benzene rings is 3. The van der Waals surface area contributed by atoms with Crippen LogP contribution < -0.4 is 21.6 Å². The van der Waals surface area contributed by atoms with E-state index in [4.69, 9.17) is 18.6 Å². The Kier molecular flexibility index (Phi) is 7.78. The number of hydrogen-bond acceptors (Lipinski definition) is 6. The summed E-state index contributed by atoms with van der Waals surface area (Å²) in [5.74, 6) is -0.503. The molecule has 3 aromatic carbocycles. The van der Waals surface area contributed by atoms with E-state index in [1.54, 1.807) is 24.3 Å². The monoisotopic (exact) mass is 484 g/mol. The minimum atomic E-state index is -0.429. The molecule has 0 unspecified atom stereocenters. The first-order valence-electron chi connectivity index (χ1n) is 11.9. The summed E-state index contributed by atoms with van der Waals surface area (Å²) in [7, 11) is -0.859. The minimum absolute atomic E-state index is 0.252. The highest BCUT2D eigenvalue weighted by molar-refractivity contribution is 6.61. The van der Waals surface area contributed by atoms with Gasteiger partial charge in [-0.3, -0.25) is 9.59 Å². The predicted octanol–water partition coefficient (Wildman–Crippen LogP) is 0.768. The minimum Gasteiger partial charge on any atom is -0.405 e. The summed E-state index contributed by atoms with van der Waals surface area (Å²) in [6, 6.07) is 25.3. The Balaban J connectivity index is 1.07. The van der Waals surface area contributed by atoms with Gasteiger partial charge in [-0.05, 0) is 35.2 Å². The van der Waals surface area contributed by atoms with Crippen LogP contribution in [0.4, 0.5) is 0 Å². The van der Waals surface area contributed by atoms with Crippen LogP contribution in [0.3, 0.4) is 0 Å². The molecular weight excluding hydrogens is 458 g/mol. The summed E-state index contributed by atoms with van der Waals surface area (Å²) < 4.78 is 23.0. The molecular formula is C26H26B2N2O6. The second-order valence-electron chi connectivity index (χ2n) is 8.74. The molecule has 2 saturated heterocycles. The maximum Gasteiger partial charge on any atom is 0.494 e. The van der Waals surface area contributed by atoms with E-state index in [1.807, 2.05) is 60.7 Å². The van der Waals surface area contributed by atoms with Crippen LogP contribution in [-0.2, 0) is 18.6 Å². The lowest BCUT2D eigenvalue weighted by atomic mass is 9.78. The fourth-order valence-electron chi connectivity index (χ4n) is 4.09. The van der Waals surface area contributed by atoms with Crippen LogP contribution in [0.25, 0.3) is 0 Å². The fraction of sp³-hybridized carbons (Fsp3) is 0.231. The molecule has 2 aliphatic heterocycles. The molecule has 0 bridgehead atoms. The van der Waals surface area contributed by atoms with Gasteiger partial charge in [0.1, 0.15) is 0 Å². The highest BCUT2D eigenvalue weighted by Crippen LogP contribution is 2.09. The molecule has 8 nitrogen and oxygen atoms in total. The number of hydrogen-bond donors (Lipinski definition) is 2. The maximum atomic E-state index is 12.7. The topological polar surface area (TPSA) is 95.1 Å². The van der Waals surface area contributed by atoms with Crippen molar-refractivity contribution in [3.05, 3.63) is 96.1 Å². The molecule has 0 aliphatic carbocycles. The average Bonchev–Trinajstić information content (AvgIpc) is 2.95. The lowest BCUT2D eigenvalue weighted by molar-refractivity contribution is 0.0777. The normalized spacial score (nSPS) is 17.0. The standard InChI is InChI=1S/C26H26B2N2O6/c31-25(29-23-15-33-27(34-16-23)21-7-3-1-4-8-21)19-11-13-20(14-12-19)26(32)30-24-17-35-28(36-18-24)22-9-5-2-6-10-22/h1-14,23-24H,15-18H2,(H,29,31)(H,30,32). The van der Waals surface area contributed by atoms with Gasteiger partial charge in [-0.25, -0.2) is 0 Å². The quantitative estimate of drug-likeness (QED) is 0.503. The van der Waals surface area contributed by atoms with Crippen LogP contribution in [0.5, 0.6) is 0 Å². The van der Waals surface area contributed by atoms with Crippen molar-refractivity contribution in [1.82, 2.24) is 10.6 Å². The summed E-state index contributed by atoms with van der Waals surface area (Å²) in [5, 5.41) is 5.83. The zero-order chi connectivity index (χ0) is 24.7. The smallest absolute Gasteiger partial charge is 0.405 e. The van der Waals surface area contributed by atoms with Gasteiger partial charge in [-0.15, -0.1) is 0 Å². The molecule has 182 valence electrons. The SMILES string of the molecule is O=C(NC1COB(c2ccccc2)OC1)c1ccc(C(=O)NC2COB(c3ccccc3)OC2)cc1. The molecule has 2 amide bonds. The van der Waals surface area contributed by atoms with Crippen molar-refractivity contribution < 1.29 is 28.2 Å². The molecule has 3 aromatic rings. The number of rotatable bonds is 6. The predicted molar refractivity (Wildman–Crippen MR) is 136 cm³/mol. The summed E-state index contributed by atoms with van der Waals surface area (Å²) >= 11 is 0. The van der Waals surface area contributed by atoms with Crippen molar-refractivity contribution in [3.63, 3.8) is 0 Å². The van der Waals surface area contributed by atoms with E-state index in [-0.39, 0.29) is 23.9 Å². The summed E-state index contributed by atoms with van der Waals surface area (Å²) in [4.78, 5) is 25.3. The highest BCUT2D eigenvalue weighted by Gasteiger charge is 2.31. The van der Waals surface area contributed by atoms with Gasteiger partial charge in [0.15, 0.2) is 0 Å². The van der Waals surface area contributed by atoms with Crippen molar-refractivity contribution in [2.45, 2.75) is 12.1 Å². The summed E-state index contributed by atoms with van der Waals surface area (Å²) in [6.07, 6.45) is 0. The van der Waals surface area contributed by atoms with Crippen molar-refractivity contribution in [2.75, 3.05) is 26.4 Å². The first-order chi connectivity index (χ1) is 17.7. The fourth-order valence-corrected chi connectivity index (χ4v) is 4.09. The first kappa shape index (κ1) is 24.3. The van der Waals surface area contributed by atoms with Crippen LogP contribution >= 0.6 is 0 Å². The van der Waals surface area contributed by atoms with Crippen molar-refractivity contribution in [1.29, 1.82) is 0 Å². The third kappa shape index (κ3) is 6.03. The van der Waals surface area contributed by atoms with Crippen LogP contribution in [-0.4, -0.2) is 64.6 Å². The Morgan fingerprint density at radius 2 is 0.889 bits per heavy atom. The van der Waals surface area contributed by atoms with Gasteiger partial charge >= 0.3 is 14.2 Å². The van der Waals surface area contributed by atoms with E-state index in [9.17, 15) is 9.59 Å². The molecule has 36 heavy (non-hydrogen) atoms.